The molecule has 0 aromatic carbocycles. The third-order valence-electron chi connectivity index (χ3n) is 13.0. The number of hydrogen-bond acceptors (Lipinski definition) is 18. The summed E-state index contributed by atoms with van der Waals surface area (Å²) in [6.07, 6.45) is -12.7. The summed E-state index contributed by atoms with van der Waals surface area (Å²) in [5.41, 5.74) is -4.37. The van der Waals surface area contributed by atoms with Gasteiger partial charge in [0, 0.05) is 38.1 Å². The Labute approximate surface area is 366 Å². The predicted molar refractivity (Wildman–Crippen MR) is 221 cm³/mol. The van der Waals surface area contributed by atoms with E-state index < -0.39 is 120 Å². The summed E-state index contributed by atoms with van der Waals surface area (Å²) in [6.45, 7) is 18.0. The van der Waals surface area contributed by atoms with Crippen LogP contribution in [0.15, 0.2) is 0 Å². The number of nitrogens with zero attached hydrogens (tertiary/aromatic N) is 2. The van der Waals surface area contributed by atoms with Gasteiger partial charge >= 0.3 is 17.9 Å². The first kappa shape index (κ1) is 56.0. The second-order valence-electron chi connectivity index (χ2n) is 18.7. The van der Waals surface area contributed by atoms with Crippen LogP contribution in [0.3, 0.4) is 0 Å². The number of carbonyl (C=O) groups is 3. The normalized spacial score (nSPS) is 44.2. The molecular weight excluding hydrogens is 820 g/mol. The molecule has 0 aromatic heterocycles. The second-order valence-corrected chi connectivity index (χ2v) is 18.7. The molecule has 0 amide bonds. The number of aliphatic carboxylic acids is 2. The van der Waals surface area contributed by atoms with Gasteiger partial charge in [0.2, 0.25) is 0 Å². The lowest BCUT2D eigenvalue weighted by Crippen LogP contribution is -2.60. The first-order valence-corrected chi connectivity index (χ1v) is 21.4. The number of rotatable bonds is 10. The van der Waals surface area contributed by atoms with Crippen molar-refractivity contribution in [1.82, 2.24) is 9.80 Å². The van der Waals surface area contributed by atoms with Gasteiger partial charge in [-0.05, 0) is 94.8 Å². The van der Waals surface area contributed by atoms with Crippen LogP contribution in [-0.4, -0.2) is 211 Å². The summed E-state index contributed by atoms with van der Waals surface area (Å²) in [7, 11) is 7.12. The first-order chi connectivity index (χ1) is 28.4. The molecule has 3 saturated heterocycles. The molecule has 364 valence electrons. The van der Waals surface area contributed by atoms with Crippen LogP contribution in [0.25, 0.3) is 0 Å². The van der Waals surface area contributed by atoms with Gasteiger partial charge < -0.3 is 84.2 Å². The van der Waals surface area contributed by atoms with Crippen molar-refractivity contribution in [2.24, 2.45) is 17.8 Å². The topological polar surface area (TPSA) is 295 Å². The molecule has 0 spiro atoms. The minimum atomic E-state index is -2.27. The molecule has 3 heterocycles. The number of aliphatic hydroxyl groups excluding tert-OH is 5. The molecule has 3 rings (SSSR count). The Bertz CT molecular complexity index is 1420. The quantitative estimate of drug-likeness (QED) is 0.128. The van der Waals surface area contributed by atoms with E-state index in [1.165, 1.54) is 14.0 Å². The number of likely N-dealkylation sites (N-methyl/N-ethyl adjacent to an activating group) is 2. The molecule has 0 bridgehead atoms. The maximum Gasteiger partial charge on any atom is 0.335 e. The summed E-state index contributed by atoms with van der Waals surface area (Å²) in [4.78, 5) is 37.6. The fourth-order valence-corrected chi connectivity index (χ4v) is 9.01. The number of carboxylic acid groups (broad SMARTS) is 2. The molecule has 62 heavy (non-hydrogen) atoms. The van der Waals surface area contributed by atoms with Crippen LogP contribution < -0.4 is 0 Å². The highest BCUT2D eigenvalue weighted by Gasteiger charge is 2.52. The summed E-state index contributed by atoms with van der Waals surface area (Å²) < 4.78 is 37.5. The maximum absolute atomic E-state index is 14.2. The fraction of sp³-hybridized carbons (Fsp3) is 0.929. The van der Waals surface area contributed by atoms with Gasteiger partial charge in [0.1, 0.15) is 30.0 Å². The molecule has 20 heteroatoms. The highest BCUT2D eigenvalue weighted by molar-refractivity contribution is 5.83. The van der Waals surface area contributed by atoms with Crippen LogP contribution in [0.1, 0.15) is 94.9 Å². The third-order valence-corrected chi connectivity index (χ3v) is 13.0. The van der Waals surface area contributed by atoms with Crippen molar-refractivity contribution in [1.29, 1.82) is 0 Å². The smallest absolute Gasteiger partial charge is 0.335 e. The van der Waals surface area contributed by atoms with Gasteiger partial charge in [0.05, 0.1) is 41.5 Å². The zero-order valence-electron chi connectivity index (χ0n) is 38.9. The molecule has 20 atom stereocenters. The van der Waals surface area contributed by atoms with E-state index in [0.29, 0.717) is 13.0 Å². The largest absolute Gasteiger partial charge is 0.479 e. The molecule has 0 unspecified atom stereocenters. The number of carbonyl (C=O) groups excluding carboxylic acids is 1. The molecule has 20 nitrogen and oxygen atoms in total. The van der Waals surface area contributed by atoms with Gasteiger partial charge in [0.15, 0.2) is 24.8 Å². The van der Waals surface area contributed by atoms with Gasteiger partial charge in [0.25, 0.3) is 0 Å². The number of aliphatic hydroxyl groups is 7. The van der Waals surface area contributed by atoms with Crippen LogP contribution >= 0.6 is 0 Å². The fourth-order valence-electron chi connectivity index (χ4n) is 9.01. The van der Waals surface area contributed by atoms with Gasteiger partial charge in [-0.3, -0.25) is 4.79 Å². The van der Waals surface area contributed by atoms with E-state index in [2.05, 4.69) is 0 Å². The summed E-state index contributed by atoms with van der Waals surface area (Å²) in [5, 5.41) is 90.7. The third kappa shape index (κ3) is 13.7. The minimum absolute atomic E-state index is 0.133. The van der Waals surface area contributed by atoms with Gasteiger partial charge in [-0.2, -0.15) is 0 Å². The van der Waals surface area contributed by atoms with E-state index in [-0.39, 0.29) is 37.3 Å². The Morgan fingerprint density at radius 1 is 0.903 bits per heavy atom. The van der Waals surface area contributed by atoms with Crippen molar-refractivity contribution in [2.45, 2.75) is 197 Å². The highest BCUT2D eigenvalue weighted by atomic mass is 16.7. The van der Waals surface area contributed by atoms with Crippen molar-refractivity contribution >= 4 is 17.9 Å². The Balaban J connectivity index is 0.00000117. The average Bonchev–Trinajstić information content (AvgIpc) is 3.18. The van der Waals surface area contributed by atoms with Crippen molar-refractivity contribution in [3.63, 3.8) is 0 Å². The van der Waals surface area contributed by atoms with Gasteiger partial charge in [-0.25, -0.2) is 9.59 Å². The van der Waals surface area contributed by atoms with Crippen molar-refractivity contribution in [2.75, 3.05) is 34.8 Å². The molecule has 9 N–H and O–H groups in total. The lowest BCUT2D eigenvalue weighted by Gasteiger charge is -2.48. The average molecular weight is 899 g/mol. The second kappa shape index (κ2) is 22.8. The molecule has 3 fully saturated rings. The molecule has 0 aliphatic carbocycles. The van der Waals surface area contributed by atoms with E-state index in [1.54, 1.807) is 41.5 Å². The Morgan fingerprint density at radius 3 is 1.94 bits per heavy atom. The lowest BCUT2D eigenvalue weighted by molar-refractivity contribution is -0.318. The number of methoxy groups -OCH3 is 1. The Morgan fingerprint density at radius 2 is 1.45 bits per heavy atom. The first-order valence-electron chi connectivity index (χ1n) is 21.4. The van der Waals surface area contributed by atoms with Crippen LogP contribution in [-0.2, 0) is 42.8 Å². The SMILES string of the molecule is CC[C@H]1OC(=O)[C@H](C)[C@@H](O[C@H]2C[C@@](C)(OC)[C@@H](O)[C@H](C)O2)[C@H](C)[C@@H](O[C@@H]2O[C@H](C)C[C@H](N(C)C)[C@H]2O)[C@](C)(O)C[C@@H](C)CN(C)[C@H](C)[C@@H](O)[C@]1(C)O.O=C(O)[C@H](O)[C@@H](O)C(=O)O. The summed E-state index contributed by atoms with van der Waals surface area (Å²) >= 11 is 0. The number of ether oxygens (including phenoxy) is 6. The monoisotopic (exact) mass is 899 g/mol. The van der Waals surface area contributed by atoms with Crippen LogP contribution in [0, 0.1) is 17.8 Å². The van der Waals surface area contributed by atoms with E-state index in [9.17, 15) is 39.9 Å². The lowest BCUT2D eigenvalue weighted by atomic mass is 9.77. The molecule has 0 aromatic rings. The maximum atomic E-state index is 14.2. The zero-order valence-corrected chi connectivity index (χ0v) is 38.9. The molecule has 0 saturated carbocycles. The zero-order chi connectivity index (χ0) is 48.0. The highest BCUT2D eigenvalue weighted by Crippen LogP contribution is 2.40. The molecule has 3 aliphatic rings. The summed E-state index contributed by atoms with van der Waals surface area (Å²) in [5.74, 6) is -6.12. The molecule has 3 aliphatic heterocycles. The van der Waals surface area contributed by atoms with Gasteiger partial charge in [-0.15, -0.1) is 0 Å². The molecule has 0 radical (unpaired) electrons. The van der Waals surface area contributed by atoms with Crippen molar-refractivity contribution in [3.8, 4) is 0 Å². The number of esters is 1. The van der Waals surface area contributed by atoms with Crippen molar-refractivity contribution in [3.05, 3.63) is 0 Å². The standard InChI is InChI=1S/C38H72N2O12.C4H6O6/c1-15-27-38(10,46)31(42)24(6)40(13)19-20(2)17-36(8,45)33(52-35-29(41)26(39(11)12)16-21(3)48-35)22(4)30(23(5)34(44)50-27)51-28-18-37(9,47-14)32(43)25(7)49-28;5-1(3(7)8)2(6)4(9)10/h20-33,35,41-43,45-46H,15-19H2,1-14H3;1-2,5-6H,(H,7,8)(H,9,10)/t20-,21-,22+,23-,24-,25+,26+,27-,28+,29-,30+,31-,32+,33-,35+,36-,37-,38-;1-,2-/m11/s1. The van der Waals surface area contributed by atoms with E-state index in [4.69, 9.17) is 48.8 Å². The van der Waals surface area contributed by atoms with E-state index in [1.807, 2.05) is 51.7 Å². The van der Waals surface area contributed by atoms with Crippen LogP contribution in [0.4, 0.5) is 0 Å². The minimum Gasteiger partial charge on any atom is -0.479 e. The van der Waals surface area contributed by atoms with Crippen LogP contribution in [0.5, 0.6) is 0 Å². The van der Waals surface area contributed by atoms with E-state index in [0.717, 1.165) is 0 Å². The number of cyclic esters (lactones) is 1. The Kier molecular flexibility index (Phi) is 20.6. The summed E-state index contributed by atoms with van der Waals surface area (Å²) in [6, 6.07) is -0.808. The van der Waals surface area contributed by atoms with E-state index >= 15 is 0 Å². The molecular formula is C42H78N2O18. The van der Waals surface area contributed by atoms with Crippen LogP contribution in [0.2, 0.25) is 0 Å². The van der Waals surface area contributed by atoms with Gasteiger partial charge in [-0.1, -0.05) is 20.8 Å². The Hall–Kier alpha value is -2.15. The van der Waals surface area contributed by atoms with Crippen molar-refractivity contribution < 1.29 is 88.8 Å². The predicted octanol–water partition coefficient (Wildman–Crippen LogP) is -0.222. The number of carboxylic acids is 2. The number of hydrogen-bond donors (Lipinski definition) is 9.